The van der Waals surface area contributed by atoms with Crippen molar-refractivity contribution in [3.8, 4) is 0 Å². The monoisotopic (exact) mass is 351 g/mol. The number of aryl methyl sites for hydroxylation is 2. The molecular formula is C19H29NO3S. The molecule has 4 nitrogen and oxygen atoms in total. The van der Waals surface area contributed by atoms with Crippen molar-refractivity contribution in [3.63, 3.8) is 0 Å². The zero-order chi connectivity index (χ0) is 17.2. The normalized spacial score (nSPS) is 21.9. The molecule has 2 N–H and O–H groups in total. The van der Waals surface area contributed by atoms with Crippen LogP contribution in [0.1, 0.15) is 63.0 Å². The van der Waals surface area contributed by atoms with Crippen molar-refractivity contribution in [2.45, 2.75) is 75.2 Å². The predicted octanol–water partition coefficient (Wildman–Crippen LogP) is 3.18. The molecule has 0 aromatic heterocycles. The van der Waals surface area contributed by atoms with E-state index in [1.54, 1.807) is 13.0 Å². The van der Waals surface area contributed by atoms with Crippen LogP contribution in [0, 0.1) is 5.92 Å². The number of nitrogens with one attached hydrogen (secondary N) is 1. The molecule has 0 spiro atoms. The summed E-state index contributed by atoms with van der Waals surface area (Å²) in [5.74, 6) is 0.178. The topological polar surface area (TPSA) is 66.4 Å². The molecule has 1 atom stereocenters. The highest BCUT2D eigenvalue weighted by atomic mass is 32.2. The second-order valence-electron chi connectivity index (χ2n) is 7.65. The zero-order valence-electron chi connectivity index (χ0n) is 14.6. The van der Waals surface area contributed by atoms with E-state index in [0.717, 1.165) is 50.5 Å². The highest BCUT2D eigenvalue weighted by Crippen LogP contribution is 2.32. The van der Waals surface area contributed by atoms with Gasteiger partial charge in [-0.2, -0.15) is 0 Å². The van der Waals surface area contributed by atoms with Crippen LogP contribution >= 0.6 is 0 Å². The van der Waals surface area contributed by atoms with Crippen molar-refractivity contribution in [2.75, 3.05) is 6.54 Å². The number of fused-ring (bicyclic) bond motifs is 1. The average molecular weight is 352 g/mol. The van der Waals surface area contributed by atoms with Gasteiger partial charge in [-0.25, -0.2) is 13.1 Å². The van der Waals surface area contributed by atoms with Crippen LogP contribution in [0.4, 0.5) is 0 Å². The summed E-state index contributed by atoms with van der Waals surface area (Å²) in [6.45, 7) is 1.84. The fraction of sp³-hybridized carbons (Fsp3) is 0.684. The van der Waals surface area contributed by atoms with Gasteiger partial charge in [0.25, 0.3) is 0 Å². The van der Waals surface area contributed by atoms with Gasteiger partial charge >= 0.3 is 0 Å². The SMILES string of the molecule is CC(O)(CNS(=O)(=O)c1ccc2c(c1)CCCC2)C1CCCCC1. The molecular weight excluding hydrogens is 322 g/mol. The third-order valence-corrected chi connectivity index (χ3v) is 7.13. The van der Waals surface area contributed by atoms with Crippen LogP contribution in [0.5, 0.6) is 0 Å². The van der Waals surface area contributed by atoms with E-state index in [1.807, 2.05) is 12.1 Å². The molecule has 1 aromatic rings. The first-order valence-electron chi connectivity index (χ1n) is 9.22. The van der Waals surface area contributed by atoms with E-state index < -0.39 is 15.6 Å². The van der Waals surface area contributed by atoms with Crippen LogP contribution in [0.15, 0.2) is 23.1 Å². The lowest BCUT2D eigenvalue weighted by Gasteiger charge is -2.35. The predicted molar refractivity (Wildman–Crippen MR) is 95.5 cm³/mol. The van der Waals surface area contributed by atoms with Gasteiger partial charge in [-0.1, -0.05) is 25.3 Å². The van der Waals surface area contributed by atoms with Gasteiger partial charge in [0.2, 0.25) is 10.0 Å². The zero-order valence-corrected chi connectivity index (χ0v) is 15.4. The lowest BCUT2D eigenvalue weighted by Crippen LogP contribution is -2.46. The van der Waals surface area contributed by atoms with E-state index in [0.29, 0.717) is 4.90 Å². The summed E-state index contributed by atoms with van der Waals surface area (Å²) >= 11 is 0. The number of hydrogen-bond donors (Lipinski definition) is 2. The molecule has 5 heteroatoms. The summed E-state index contributed by atoms with van der Waals surface area (Å²) in [7, 11) is -3.58. The Morgan fingerprint density at radius 1 is 1.08 bits per heavy atom. The molecule has 1 unspecified atom stereocenters. The number of benzene rings is 1. The quantitative estimate of drug-likeness (QED) is 0.856. The highest BCUT2D eigenvalue weighted by Gasteiger charge is 2.34. The Hall–Kier alpha value is -0.910. The van der Waals surface area contributed by atoms with E-state index in [9.17, 15) is 13.5 Å². The van der Waals surface area contributed by atoms with Gasteiger partial charge in [-0.05, 0) is 74.6 Å². The molecule has 24 heavy (non-hydrogen) atoms. The minimum absolute atomic E-state index is 0.0804. The molecule has 3 rings (SSSR count). The van der Waals surface area contributed by atoms with Gasteiger partial charge < -0.3 is 5.11 Å². The fourth-order valence-corrected chi connectivity index (χ4v) is 5.26. The van der Waals surface area contributed by atoms with Crippen molar-refractivity contribution in [1.29, 1.82) is 0 Å². The van der Waals surface area contributed by atoms with Gasteiger partial charge in [0.15, 0.2) is 0 Å². The number of aliphatic hydroxyl groups is 1. The Balaban J connectivity index is 1.69. The molecule has 2 aliphatic rings. The Bertz CT molecular complexity index is 676. The summed E-state index contributed by atoms with van der Waals surface area (Å²) in [6.07, 6.45) is 9.73. The summed E-state index contributed by atoms with van der Waals surface area (Å²) in [6, 6.07) is 5.45. The van der Waals surface area contributed by atoms with Crippen LogP contribution in [-0.4, -0.2) is 25.7 Å². The van der Waals surface area contributed by atoms with Crippen molar-refractivity contribution in [3.05, 3.63) is 29.3 Å². The molecule has 0 saturated heterocycles. The van der Waals surface area contributed by atoms with Gasteiger partial charge in [-0.3, -0.25) is 0 Å². The molecule has 1 aromatic carbocycles. The van der Waals surface area contributed by atoms with Crippen molar-refractivity contribution in [2.24, 2.45) is 5.92 Å². The minimum atomic E-state index is -3.58. The first-order chi connectivity index (χ1) is 11.4. The van der Waals surface area contributed by atoms with E-state index in [-0.39, 0.29) is 12.5 Å². The van der Waals surface area contributed by atoms with E-state index >= 15 is 0 Å². The first kappa shape index (κ1) is 17.9. The third kappa shape index (κ3) is 4.01. The molecule has 1 fully saturated rings. The minimum Gasteiger partial charge on any atom is -0.389 e. The van der Waals surface area contributed by atoms with Gasteiger partial charge in [0.05, 0.1) is 10.5 Å². The second kappa shape index (κ2) is 7.14. The Kier molecular flexibility index (Phi) is 5.33. The van der Waals surface area contributed by atoms with Crippen LogP contribution in [0.2, 0.25) is 0 Å². The Morgan fingerprint density at radius 3 is 2.46 bits per heavy atom. The maximum absolute atomic E-state index is 12.6. The Morgan fingerprint density at radius 2 is 1.75 bits per heavy atom. The maximum Gasteiger partial charge on any atom is 0.240 e. The lowest BCUT2D eigenvalue weighted by molar-refractivity contribution is -0.0111. The molecule has 134 valence electrons. The molecule has 0 heterocycles. The Labute approximate surface area is 145 Å². The lowest BCUT2D eigenvalue weighted by atomic mass is 9.78. The number of sulfonamides is 1. The first-order valence-corrected chi connectivity index (χ1v) is 10.7. The standard InChI is InChI=1S/C19H29NO3S/c1-19(21,17-9-3-2-4-10-17)14-20-24(22,23)18-12-11-15-7-5-6-8-16(15)13-18/h11-13,17,20-21H,2-10,14H2,1H3. The highest BCUT2D eigenvalue weighted by molar-refractivity contribution is 7.89. The molecule has 0 aliphatic heterocycles. The van der Waals surface area contributed by atoms with E-state index in [1.165, 1.54) is 18.4 Å². The summed E-state index contributed by atoms with van der Waals surface area (Å²) in [4.78, 5) is 0.322. The fourth-order valence-electron chi connectivity index (χ4n) is 4.07. The van der Waals surface area contributed by atoms with Crippen LogP contribution in [0.25, 0.3) is 0 Å². The van der Waals surface area contributed by atoms with Crippen LogP contribution in [-0.2, 0) is 22.9 Å². The molecule has 0 bridgehead atoms. The largest absolute Gasteiger partial charge is 0.389 e. The summed E-state index contributed by atoms with van der Waals surface area (Å²) in [5, 5.41) is 10.7. The van der Waals surface area contributed by atoms with Gasteiger partial charge in [0, 0.05) is 6.54 Å². The number of rotatable bonds is 5. The summed E-state index contributed by atoms with van der Waals surface area (Å²) < 4.78 is 27.9. The molecule has 0 amide bonds. The van der Waals surface area contributed by atoms with Crippen molar-refractivity contribution < 1.29 is 13.5 Å². The second-order valence-corrected chi connectivity index (χ2v) is 9.42. The number of hydrogen-bond acceptors (Lipinski definition) is 3. The smallest absolute Gasteiger partial charge is 0.240 e. The average Bonchev–Trinajstić information content (AvgIpc) is 2.60. The van der Waals surface area contributed by atoms with Crippen molar-refractivity contribution >= 4 is 10.0 Å². The molecule has 1 saturated carbocycles. The molecule has 0 radical (unpaired) electrons. The third-order valence-electron chi connectivity index (χ3n) is 5.74. The van der Waals surface area contributed by atoms with Gasteiger partial charge in [-0.15, -0.1) is 0 Å². The summed E-state index contributed by atoms with van der Waals surface area (Å²) in [5.41, 5.74) is 1.44. The molecule has 2 aliphatic carbocycles. The van der Waals surface area contributed by atoms with Crippen LogP contribution in [0.3, 0.4) is 0 Å². The van der Waals surface area contributed by atoms with Crippen molar-refractivity contribution in [1.82, 2.24) is 4.72 Å². The van der Waals surface area contributed by atoms with Gasteiger partial charge in [0.1, 0.15) is 0 Å². The maximum atomic E-state index is 12.6. The van der Waals surface area contributed by atoms with E-state index in [4.69, 9.17) is 0 Å². The van der Waals surface area contributed by atoms with E-state index in [2.05, 4.69) is 4.72 Å². The van der Waals surface area contributed by atoms with Crippen LogP contribution < -0.4 is 4.72 Å².